The zero-order valence-corrected chi connectivity index (χ0v) is 14.5. The molecule has 0 radical (unpaired) electrons. The summed E-state index contributed by atoms with van der Waals surface area (Å²) in [6.07, 6.45) is 0. The first-order valence-corrected chi connectivity index (χ1v) is 8.85. The molecule has 0 aliphatic heterocycles. The van der Waals surface area contributed by atoms with Gasteiger partial charge in [0.05, 0.1) is 11.1 Å². The number of hydrogen-bond acceptors (Lipinski definition) is 7. The number of esters is 2. The highest BCUT2D eigenvalue weighted by Gasteiger charge is 2.07. The number of carbonyl (C=O) groups is 2. The van der Waals surface area contributed by atoms with Crippen molar-refractivity contribution in [3.63, 3.8) is 0 Å². The zero-order chi connectivity index (χ0) is 18.1. The van der Waals surface area contributed by atoms with Crippen LogP contribution in [0.25, 0.3) is 0 Å². The topological polar surface area (TPSA) is 105 Å². The van der Waals surface area contributed by atoms with E-state index in [1.807, 2.05) is 0 Å². The second-order valence-corrected chi connectivity index (χ2v) is 6.35. The maximum atomic E-state index is 11.8. The first kappa shape index (κ1) is 18.7. The second kappa shape index (κ2) is 9.58. The van der Waals surface area contributed by atoms with E-state index in [-0.39, 0.29) is 11.9 Å². The van der Waals surface area contributed by atoms with Gasteiger partial charge in [0.25, 0.3) is 0 Å². The number of carbonyl (C=O) groups excluding carboxylic acids is 2. The summed E-state index contributed by atoms with van der Waals surface area (Å²) in [6.45, 7) is 0.583. The maximum absolute atomic E-state index is 11.8. The number of nitrogens with two attached hydrogens (primary N) is 2. The van der Waals surface area contributed by atoms with Crippen molar-refractivity contribution < 1.29 is 19.1 Å². The molecule has 0 atom stereocenters. The van der Waals surface area contributed by atoms with E-state index in [9.17, 15) is 9.59 Å². The maximum Gasteiger partial charge on any atom is 0.338 e. The third-order valence-electron chi connectivity index (χ3n) is 3.21. The van der Waals surface area contributed by atoms with E-state index >= 15 is 0 Å². The lowest BCUT2D eigenvalue weighted by Crippen LogP contribution is -2.10. The fraction of sp³-hybridized carbons (Fsp3) is 0.222. The number of ether oxygens (including phenoxy) is 2. The van der Waals surface area contributed by atoms with E-state index in [1.54, 1.807) is 48.5 Å². The molecule has 2 aromatic carbocycles. The van der Waals surface area contributed by atoms with Gasteiger partial charge in [0, 0.05) is 22.9 Å². The molecule has 0 spiro atoms. The van der Waals surface area contributed by atoms with Crippen molar-refractivity contribution in [2.45, 2.75) is 0 Å². The van der Waals surface area contributed by atoms with Gasteiger partial charge in [-0.25, -0.2) is 9.59 Å². The first-order chi connectivity index (χ1) is 12.1. The summed E-state index contributed by atoms with van der Waals surface area (Å²) < 4.78 is 10.3. The fourth-order valence-corrected chi connectivity index (χ4v) is 2.50. The van der Waals surface area contributed by atoms with Crippen LogP contribution >= 0.6 is 11.8 Å². The molecule has 0 heterocycles. The van der Waals surface area contributed by atoms with E-state index in [0.717, 1.165) is 0 Å². The van der Waals surface area contributed by atoms with Crippen molar-refractivity contribution >= 4 is 35.1 Å². The van der Waals surface area contributed by atoms with Crippen LogP contribution in [-0.2, 0) is 9.47 Å². The Hall–Kier alpha value is -2.67. The molecule has 0 fully saturated rings. The summed E-state index contributed by atoms with van der Waals surface area (Å²) in [5.41, 5.74) is 13.3. The number of nitrogen functional groups attached to an aromatic ring is 2. The number of hydrogen-bond donors (Lipinski definition) is 2. The first-order valence-electron chi connectivity index (χ1n) is 7.69. The lowest BCUT2D eigenvalue weighted by Gasteiger charge is -2.06. The van der Waals surface area contributed by atoms with Gasteiger partial charge in [-0.3, -0.25) is 0 Å². The molecule has 25 heavy (non-hydrogen) atoms. The van der Waals surface area contributed by atoms with Gasteiger partial charge in [0.1, 0.15) is 13.2 Å². The number of thioether (sulfide) groups is 1. The number of rotatable bonds is 8. The summed E-state index contributed by atoms with van der Waals surface area (Å²) in [6, 6.07) is 13.1. The Labute approximate surface area is 150 Å². The zero-order valence-electron chi connectivity index (χ0n) is 13.6. The average Bonchev–Trinajstić information content (AvgIpc) is 2.61. The molecule has 0 aliphatic rings. The molecule has 0 aromatic heterocycles. The molecule has 0 amide bonds. The largest absolute Gasteiger partial charge is 0.461 e. The molecular weight excluding hydrogens is 340 g/mol. The Morgan fingerprint density at radius 3 is 1.44 bits per heavy atom. The van der Waals surface area contributed by atoms with Crippen LogP contribution in [0.4, 0.5) is 11.4 Å². The third kappa shape index (κ3) is 6.39. The quantitative estimate of drug-likeness (QED) is 0.423. The van der Waals surface area contributed by atoms with E-state index in [0.29, 0.717) is 47.2 Å². The predicted molar refractivity (Wildman–Crippen MR) is 99.6 cm³/mol. The van der Waals surface area contributed by atoms with Gasteiger partial charge >= 0.3 is 11.9 Å². The van der Waals surface area contributed by atoms with Gasteiger partial charge < -0.3 is 20.9 Å². The summed E-state index contributed by atoms with van der Waals surface area (Å²) in [5, 5.41) is 0. The third-order valence-corrected chi connectivity index (χ3v) is 4.13. The van der Waals surface area contributed by atoms with Crippen molar-refractivity contribution in [2.75, 3.05) is 36.2 Å². The van der Waals surface area contributed by atoms with Crippen molar-refractivity contribution in [2.24, 2.45) is 0 Å². The van der Waals surface area contributed by atoms with Crippen molar-refractivity contribution in [1.82, 2.24) is 0 Å². The molecule has 0 unspecified atom stereocenters. The van der Waals surface area contributed by atoms with Crippen LogP contribution < -0.4 is 11.5 Å². The monoisotopic (exact) mass is 360 g/mol. The lowest BCUT2D eigenvalue weighted by molar-refractivity contribution is 0.0525. The summed E-state index contributed by atoms with van der Waals surface area (Å²) in [4.78, 5) is 23.5. The molecule has 6 nitrogen and oxygen atoms in total. The van der Waals surface area contributed by atoms with Crippen molar-refractivity contribution in [3.8, 4) is 0 Å². The van der Waals surface area contributed by atoms with E-state index < -0.39 is 0 Å². The number of benzene rings is 2. The Kier molecular flexibility index (Phi) is 7.16. The fourth-order valence-electron chi connectivity index (χ4n) is 1.89. The molecule has 2 aromatic rings. The van der Waals surface area contributed by atoms with Crippen LogP contribution in [0.3, 0.4) is 0 Å². The van der Waals surface area contributed by atoms with Crippen molar-refractivity contribution in [1.29, 1.82) is 0 Å². The Bertz CT molecular complexity index is 641. The van der Waals surface area contributed by atoms with Crippen LogP contribution in [0.5, 0.6) is 0 Å². The summed E-state index contributed by atoms with van der Waals surface area (Å²) >= 11 is 1.54. The minimum absolute atomic E-state index is 0.291. The predicted octanol–water partition coefficient (Wildman–Crippen LogP) is 2.60. The van der Waals surface area contributed by atoms with E-state index in [4.69, 9.17) is 20.9 Å². The standard InChI is InChI=1S/C18H20N2O4S/c19-15-5-1-13(2-6-15)17(21)23-9-11-25-12-10-24-18(22)14-3-7-16(20)8-4-14/h1-8H,9-12,19-20H2. The van der Waals surface area contributed by atoms with Crippen LogP contribution in [0.2, 0.25) is 0 Å². The molecule has 132 valence electrons. The number of anilines is 2. The van der Waals surface area contributed by atoms with E-state index in [1.165, 1.54) is 11.8 Å². The van der Waals surface area contributed by atoms with E-state index in [2.05, 4.69) is 0 Å². The molecule has 0 bridgehead atoms. The minimum Gasteiger partial charge on any atom is -0.461 e. The van der Waals surface area contributed by atoms with Crippen LogP contribution in [-0.4, -0.2) is 36.7 Å². The highest BCUT2D eigenvalue weighted by Crippen LogP contribution is 2.09. The second-order valence-electron chi connectivity index (χ2n) is 5.13. The Balaban J connectivity index is 1.56. The molecule has 2 rings (SSSR count). The average molecular weight is 360 g/mol. The van der Waals surface area contributed by atoms with Gasteiger partial charge in [-0.15, -0.1) is 0 Å². The van der Waals surface area contributed by atoms with Crippen molar-refractivity contribution in [3.05, 3.63) is 59.7 Å². The van der Waals surface area contributed by atoms with Crippen LogP contribution in [0.1, 0.15) is 20.7 Å². The smallest absolute Gasteiger partial charge is 0.338 e. The SMILES string of the molecule is Nc1ccc(C(=O)OCCSCCOC(=O)c2ccc(N)cc2)cc1. The normalized spacial score (nSPS) is 10.2. The molecule has 4 N–H and O–H groups in total. The van der Waals surface area contributed by atoms with Gasteiger partial charge in [-0.1, -0.05) is 0 Å². The van der Waals surface area contributed by atoms with Gasteiger partial charge in [-0.05, 0) is 48.5 Å². The lowest BCUT2D eigenvalue weighted by atomic mass is 10.2. The van der Waals surface area contributed by atoms with Gasteiger partial charge in [0.2, 0.25) is 0 Å². The Morgan fingerprint density at radius 2 is 1.08 bits per heavy atom. The molecule has 7 heteroatoms. The van der Waals surface area contributed by atoms with Crippen LogP contribution in [0.15, 0.2) is 48.5 Å². The summed E-state index contributed by atoms with van der Waals surface area (Å²) in [7, 11) is 0. The molecule has 0 saturated heterocycles. The highest BCUT2D eigenvalue weighted by molar-refractivity contribution is 7.99. The van der Waals surface area contributed by atoms with Crippen LogP contribution in [0, 0.1) is 0 Å². The highest BCUT2D eigenvalue weighted by atomic mass is 32.2. The summed E-state index contributed by atoms with van der Waals surface area (Å²) in [5.74, 6) is 0.492. The minimum atomic E-state index is -0.379. The molecule has 0 aliphatic carbocycles. The molecule has 0 saturated carbocycles. The Morgan fingerprint density at radius 1 is 0.720 bits per heavy atom. The van der Waals surface area contributed by atoms with Gasteiger partial charge in [0.15, 0.2) is 0 Å². The van der Waals surface area contributed by atoms with Gasteiger partial charge in [-0.2, -0.15) is 11.8 Å². The molecular formula is C18H20N2O4S.